The molecule has 1 aromatic carbocycles. The van der Waals surface area contributed by atoms with Crippen LogP contribution in [0.5, 0.6) is 0 Å². The first kappa shape index (κ1) is 16.7. The van der Waals surface area contributed by atoms with Crippen molar-refractivity contribution in [3.05, 3.63) is 38.8 Å². The average Bonchev–Trinajstić information content (AvgIpc) is 2.83. The first-order chi connectivity index (χ1) is 10.4. The molecule has 2 aromatic rings. The third-order valence-electron chi connectivity index (χ3n) is 2.64. The van der Waals surface area contributed by atoms with Gasteiger partial charge in [-0.1, -0.05) is 35.3 Å². The van der Waals surface area contributed by atoms with Crippen LogP contribution in [0.3, 0.4) is 0 Å². The van der Waals surface area contributed by atoms with E-state index in [9.17, 15) is 4.79 Å². The minimum absolute atomic E-state index is 0.308. The highest BCUT2D eigenvalue weighted by Gasteiger charge is 2.18. The summed E-state index contributed by atoms with van der Waals surface area (Å²) >= 11 is 13.5. The number of carbonyl (C=O) groups excluding carboxylic acids is 1. The van der Waals surface area contributed by atoms with E-state index in [0.717, 1.165) is 0 Å². The van der Waals surface area contributed by atoms with Crippen molar-refractivity contribution in [3.63, 3.8) is 0 Å². The standard InChI is InChI=1S/C14H14Cl2N4OS/c1-8-12(13(21)19-17-7-20(2)3)22-14(18-8)9-5-4-6-10(15)11(9)16/h4-7H,1-3H3,(H,19,21). The van der Waals surface area contributed by atoms with Crippen LogP contribution in [0, 0.1) is 6.92 Å². The van der Waals surface area contributed by atoms with E-state index in [1.54, 1.807) is 24.0 Å². The summed E-state index contributed by atoms with van der Waals surface area (Å²) in [7, 11) is 3.62. The van der Waals surface area contributed by atoms with E-state index in [2.05, 4.69) is 15.5 Å². The number of hydrogen-bond donors (Lipinski definition) is 1. The summed E-state index contributed by atoms with van der Waals surface area (Å²) in [6.07, 6.45) is 1.50. The van der Waals surface area contributed by atoms with E-state index in [1.165, 1.54) is 17.7 Å². The van der Waals surface area contributed by atoms with Gasteiger partial charge in [0.1, 0.15) is 16.2 Å². The molecule has 1 aromatic heterocycles. The summed E-state index contributed by atoms with van der Waals surface area (Å²) in [5, 5.41) is 5.36. The number of carbonyl (C=O) groups is 1. The highest BCUT2D eigenvalue weighted by Crippen LogP contribution is 2.36. The average molecular weight is 357 g/mol. The lowest BCUT2D eigenvalue weighted by Crippen LogP contribution is -2.20. The molecule has 8 heteroatoms. The van der Waals surface area contributed by atoms with Gasteiger partial charge >= 0.3 is 0 Å². The summed E-state index contributed by atoms with van der Waals surface area (Å²) < 4.78 is 0. The minimum atomic E-state index is -0.308. The Balaban J connectivity index is 2.28. The number of nitrogens with one attached hydrogen (secondary N) is 1. The normalized spacial score (nSPS) is 11.0. The lowest BCUT2D eigenvalue weighted by atomic mass is 10.2. The van der Waals surface area contributed by atoms with Crippen molar-refractivity contribution < 1.29 is 4.79 Å². The van der Waals surface area contributed by atoms with Crippen LogP contribution < -0.4 is 5.43 Å². The second kappa shape index (κ2) is 7.09. The van der Waals surface area contributed by atoms with Crippen molar-refractivity contribution >= 4 is 46.8 Å². The Kier molecular flexibility index (Phi) is 5.39. The molecule has 0 bridgehead atoms. The van der Waals surface area contributed by atoms with E-state index in [0.29, 0.717) is 31.2 Å². The van der Waals surface area contributed by atoms with Crippen LogP contribution in [0.2, 0.25) is 10.0 Å². The lowest BCUT2D eigenvalue weighted by molar-refractivity contribution is 0.0958. The molecule has 1 N–H and O–H groups in total. The highest BCUT2D eigenvalue weighted by atomic mass is 35.5. The number of amides is 1. The predicted octanol–water partition coefficient (Wildman–Crippen LogP) is 3.66. The second-order valence-corrected chi connectivity index (χ2v) is 6.47. The topological polar surface area (TPSA) is 57.6 Å². The van der Waals surface area contributed by atoms with Gasteiger partial charge in [0.05, 0.1) is 15.7 Å². The van der Waals surface area contributed by atoms with Crippen LogP contribution in [0.15, 0.2) is 23.3 Å². The third-order valence-corrected chi connectivity index (χ3v) is 4.65. The number of hydrazone groups is 1. The van der Waals surface area contributed by atoms with Crippen LogP contribution in [0.1, 0.15) is 15.4 Å². The fourth-order valence-corrected chi connectivity index (χ4v) is 3.08. The Morgan fingerprint density at radius 3 is 2.82 bits per heavy atom. The van der Waals surface area contributed by atoms with Crippen LogP contribution in [-0.2, 0) is 0 Å². The van der Waals surface area contributed by atoms with Crippen molar-refractivity contribution in [1.82, 2.24) is 15.3 Å². The zero-order valence-electron chi connectivity index (χ0n) is 12.2. The van der Waals surface area contributed by atoms with Gasteiger partial charge in [-0.25, -0.2) is 10.4 Å². The smallest absolute Gasteiger partial charge is 0.283 e. The van der Waals surface area contributed by atoms with Gasteiger partial charge in [-0.05, 0) is 13.0 Å². The van der Waals surface area contributed by atoms with Gasteiger partial charge < -0.3 is 4.90 Å². The zero-order chi connectivity index (χ0) is 16.3. The minimum Gasteiger partial charge on any atom is -0.367 e. The number of rotatable bonds is 4. The van der Waals surface area contributed by atoms with Crippen molar-refractivity contribution in [2.24, 2.45) is 5.10 Å². The molecular formula is C14H14Cl2N4OS. The molecule has 116 valence electrons. The number of benzene rings is 1. The first-order valence-electron chi connectivity index (χ1n) is 6.32. The number of nitrogens with zero attached hydrogens (tertiary/aromatic N) is 3. The molecule has 0 radical (unpaired) electrons. The maximum atomic E-state index is 12.1. The Labute approximate surface area is 142 Å². The molecule has 0 saturated carbocycles. The van der Waals surface area contributed by atoms with Gasteiger partial charge in [0.2, 0.25) is 0 Å². The predicted molar refractivity (Wildman–Crippen MR) is 92.0 cm³/mol. The molecule has 0 spiro atoms. The van der Waals surface area contributed by atoms with E-state index in [-0.39, 0.29) is 5.91 Å². The van der Waals surface area contributed by atoms with E-state index < -0.39 is 0 Å². The van der Waals surface area contributed by atoms with Gasteiger partial charge in [-0.2, -0.15) is 5.10 Å². The monoisotopic (exact) mass is 356 g/mol. The highest BCUT2D eigenvalue weighted by molar-refractivity contribution is 7.17. The Bertz CT molecular complexity index is 728. The van der Waals surface area contributed by atoms with Crippen molar-refractivity contribution in [3.8, 4) is 10.6 Å². The summed E-state index contributed by atoms with van der Waals surface area (Å²) in [5.74, 6) is -0.308. The van der Waals surface area contributed by atoms with Gasteiger partial charge in [-0.15, -0.1) is 11.3 Å². The maximum absolute atomic E-state index is 12.1. The summed E-state index contributed by atoms with van der Waals surface area (Å²) in [6.45, 7) is 1.77. The molecule has 0 saturated heterocycles. The Hall–Kier alpha value is -1.63. The molecule has 0 aliphatic heterocycles. The fourth-order valence-electron chi connectivity index (χ4n) is 1.65. The van der Waals surface area contributed by atoms with Gasteiger partial charge in [-0.3, -0.25) is 4.79 Å². The molecular weight excluding hydrogens is 343 g/mol. The number of halogens is 2. The van der Waals surface area contributed by atoms with E-state index in [1.807, 2.05) is 20.2 Å². The molecule has 0 unspecified atom stereocenters. The SMILES string of the molecule is Cc1nc(-c2cccc(Cl)c2Cl)sc1C(=O)NN=CN(C)C. The summed E-state index contributed by atoms with van der Waals surface area (Å²) in [5.41, 5.74) is 3.79. The molecule has 22 heavy (non-hydrogen) atoms. The molecule has 0 fully saturated rings. The van der Waals surface area contributed by atoms with Gasteiger partial charge in [0.25, 0.3) is 5.91 Å². The quantitative estimate of drug-likeness (QED) is 0.516. The van der Waals surface area contributed by atoms with Gasteiger partial charge in [0, 0.05) is 19.7 Å². The van der Waals surface area contributed by atoms with Crippen LogP contribution in [-0.4, -0.2) is 36.2 Å². The van der Waals surface area contributed by atoms with E-state index >= 15 is 0 Å². The van der Waals surface area contributed by atoms with Crippen molar-refractivity contribution in [2.75, 3.05) is 14.1 Å². The lowest BCUT2D eigenvalue weighted by Gasteiger charge is -2.02. The molecule has 2 rings (SSSR count). The summed E-state index contributed by atoms with van der Waals surface area (Å²) in [6, 6.07) is 5.32. The number of aromatic nitrogens is 1. The molecule has 0 atom stereocenters. The molecule has 1 amide bonds. The van der Waals surface area contributed by atoms with Crippen LogP contribution in [0.4, 0.5) is 0 Å². The Morgan fingerprint density at radius 2 is 2.14 bits per heavy atom. The number of hydrogen-bond acceptors (Lipinski definition) is 4. The summed E-state index contributed by atoms with van der Waals surface area (Å²) in [4.78, 5) is 18.7. The maximum Gasteiger partial charge on any atom is 0.283 e. The molecule has 1 heterocycles. The van der Waals surface area contributed by atoms with Crippen LogP contribution in [0.25, 0.3) is 10.6 Å². The second-order valence-electron chi connectivity index (χ2n) is 4.68. The molecule has 5 nitrogen and oxygen atoms in total. The van der Waals surface area contributed by atoms with Crippen molar-refractivity contribution in [2.45, 2.75) is 6.92 Å². The van der Waals surface area contributed by atoms with Gasteiger partial charge in [0.15, 0.2) is 0 Å². The molecule has 0 aliphatic rings. The van der Waals surface area contributed by atoms with Crippen LogP contribution >= 0.6 is 34.5 Å². The zero-order valence-corrected chi connectivity index (χ0v) is 14.6. The number of thiazole rings is 1. The molecule has 0 aliphatic carbocycles. The van der Waals surface area contributed by atoms with Crippen molar-refractivity contribution in [1.29, 1.82) is 0 Å². The largest absolute Gasteiger partial charge is 0.367 e. The number of aryl methyl sites for hydroxylation is 1. The Morgan fingerprint density at radius 1 is 1.41 bits per heavy atom. The third kappa shape index (κ3) is 3.76. The fraction of sp³-hybridized carbons (Fsp3) is 0.214. The first-order valence-corrected chi connectivity index (χ1v) is 7.89. The van der Waals surface area contributed by atoms with E-state index in [4.69, 9.17) is 23.2 Å².